The van der Waals surface area contributed by atoms with Gasteiger partial charge in [0.25, 0.3) is 0 Å². The van der Waals surface area contributed by atoms with E-state index in [4.69, 9.17) is 4.74 Å². The highest BCUT2D eigenvalue weighted by Gasteiger charge is 2.42. The van der Waals surface area contributed by atoms with E-state index in [1.165, 1.54) is 25.7 Å². The molecule has 1 aliphatic heterocycles. The van der Waals surface area contributed by atoms with Gasteiger partial charge in [-0.1, -0.05) is 61.9 Å². The zero-order chi connectivity index (χ0) is 23.7. The molecule has 3 atom stereocenters. The number of likely N-dealkylation sites (tertiary alicyclic amines) is 1. The van der Waals surface area contributed by atoms with Crippen LogP contribution in [0.1, 0.15) is 62.5 Å². The molecule has 2 N–H and O–H groups in total. The lowest BCUT2D eigenvalue weighted by Crippen LogP contribution is -2.42. The number of halogens is 1. The second-order valence-electron chi connectivity index (χ2n) is 10.5. The third-order valence-corrected chi connectivity index (χ3v) is 8.02. The van der Waals surface area contributed by atoms with Gasteiger partial charge in [-0.05, 0) is 66.3 Å². The number of nitrogens with one attached hydrogen (secondary N) is 1. The molecule has 1 unspecified atom stereocenters. The molecule has 0 radical (unpaired) electrons. The minimum absolute atomic E-state index is 0. The highest BCUT2D eigenvalue weighted by atomic mass is 35.5. The lowest BCUT2D eigenvalue weighted by atomic mass is 9.78. The zero-order valence-electron chi connectivity index (χ0n) is 20.2. The van der Waals surface area contributed by atoms with Crippen molar-refractivity contribution in [2.45, 2.75) is 63.5 Å². The number of carboxylic acids is 1. The average Bonchev–Trinajstić information content (AvgIpc) is 3.26. The van der Waals surface area contributed by atoms with E-state index in [9.17, 15) is 14.7 Å². The normalized spacial score (nSPS) is 23.6. The largest absolute Gasteiger partial charge is 0.480 e. The van der Waals surface area contributed by atoms with Gasteiger partial charge in [0.2, 0.25) is 0 Å². The number of hydrogen-bond acceptors (Lipinski definition) is 4. The van der Waals surface area contributed by atoms with E-state index in [-0.39, 0.29) is 24.9 Å². The molecular weight excluding hydrogens is 464 g/mol. The van der Waals surface area contributed by atoms with Crippen LogP contribution in [0, 0.1) is 5.41 Å². The third-order valence-electron chi connectivity index (χ3n) is 8.02. The average molecular weight is 499 g/mol. The number of ether oxygens (including phenoxy) is 1. The molecule has 0 aromatic heterocycles. The first-order valence-electron chi connectivity index (χ1n) is 12.5. The van der Waals surface area contributed by atoms with Crippen LogP contribution in [0.3, 0.4) is 0 Å². The number of benzene rings is 2. The maximum absolute atomic E-state index is 12.5. The molecule has 188 valence electrons. The van der Waals surface area contributed by atoms with Crippen LogP contribution in [0.2, 0.25) is 0 Å². The number of rotatable bonds is 8. The summed E-state index contributed by atoms with van der Waals surface area (Å²) in [6.45, 7) is 4.55. The van der Waals surface area contributed by atoms with Crippen LogP contribution in [-0.2, 0) is 9.53 Å². The molecule has 2 aromatic carbocycles. The zero-order valence-corrected chi connectivity index (χ0v) is 21.1. The van der Waals surface area contributed by atoms with Crippen molar-refractivity contribution in [2.24, 2.45) is 5.41 Å². The highest BCUT2D eigenvalue weighted by Crippen LogP contribution is 2.45. The Hall–Kier alpha value is -2.57. The summed E-state index contributed by atoms with van der Waals surface area (Å²) in [4.78, 5) is 26.9. The van der Waals surface area contributed by atoms with E-state index in [2.05, 4.69) is 41.4 Å². The Morgan fingerprint density at radius 2 is 1.80 bits per heavy atom. The van der Waals surface area contributed by atoms with Crippen molar-refractivity contribution in [3.05, 3.63) is 59.7 Å². The monoisotopic (exact) mass is 498 g/mol. The van der Waals surface area contributed by atoms with Gasteiger partial charge in [-0.2, -0.15) is 0 Å². The molecular formula is C28H35ClN2O4. The number of carbonyl (C=O) groups excluding carboxylic acids is 1. The lowest BCUT2D eigenvalue weighted by molar-refractivity contribution is -0.139. The van der Waals surface area contributed by atoms with Crippen molar-refractivity contribution in [1.29, 1.82) is 0 Å². The summed E-state index contributed by atoms with van der Waals surface area (Å²) in [5.41, 5.74) is 5.02. The Labute approximate surface area is 213 Å². The maximum Gasteiger partial charge on any atom is 0.407 e. The SMILES string of the molecule is C[C@]12CCC[C@H](C1)N(CCCC(NC(=O)OCC1c3ccccc3-c3ccccc31)C(=O)O)C2.Cl. The fourth-order valence-corrected chi connectivity index (χ4v) is 6.41. The number of aliphatic carboxylic acids is 1. The molecule has 1 saturated carbocycles. The summed E-state index contributed by atoms with van der Waals surface area (Å²) in [6.07, 6.45) is 5.56. The van der Waals surface area contributed by atoms with E-state index >= 15 is 0 Å². The quantitative estimate of drug-likeness (QED) is 0.506. The molecule has 5 rings (SSSR count). The fourth-order valence-electron chi connectivity index (χ4n) is 6.41. The van der Waals surface area contributed by atoms with Crippen LogP contribution in [0.15, 0.2) is 48.5 Å². The summed E-state index contributed by atoms with van der Waals surface area (Å²) >= 11 is 0. The lowest BCUT2D eigenvalue weighted by Gasteiger charge is -2.27. The van der Waals surface area contributed by atoms with Gasteiger partial charge in [-0.25, -0.2) is 9.59 Å². The number of carboxylic acid groups (broad SMARTS) is 1. The summed E-state index contributed by atoms with van der Waals surface area (Å²) in [5.74, 6) is -1.06. The molecule has 2 bridgehead atoms. The van der Waals surface area contributed by atoms with Crippen LogP contribution in [0.5, 0.6) is 0 Å². The molecule has 2 aliphatic carbocycles. The summed E-state index contributed by atoms with van der Waals surface area (Å²) in [6, 6.07) is 16.0. The molecule has 3 aliphatic rings. The van der Waals surface area contributed by atoms with Crippen molar-refractivity contribution in [1.82, 2.24) is 10.2 Å². The predicted molar refractivity (Wildman–Crippen MR) is 138 cm³/mol. The van der Waals surface area contributed by atoms with Gasteiger partial charge in [0.15, 0.2) is 0 Å². The van der Waals surface area contributed by atoms with Crippen LogP contribution < -0.4 is 5.32 Å². The first kappa shape index (κ1) is 25.5. The van der Waals surface area contributed by atoms with Gasteiger partial charge < -0.3 is 15.2 Å². The van der Waals surface area contributed by atoms with E-state index in [0.717, 1.165) is 41.8 Å². The van der Waals surface area contributed by atoms with Gasteiger partial charge in [-0.3, -0.25) is 4.90 Å². The van der Waals surface area contributed by atoms with Crippen LogP contribution in [-0.4, -0.2) is 53.8 Å². The van der Waals surface area contributed by atoms with Crippen molar-refractivity contribution in [2.75, 3.05) is 19.7 Å². The highest BCUT2D eigenvalue weighted by molar-refractivity contribution is 5.85. The molecule has 0 spiro atoms. The second-order valence-corrected chi connectivity index (χ2v) is 10.5. The smallest absolute Gasteiger partial charge is 0.407 e. The summed E-state index contributed by atoms with van der Waals surface area (Å²) < 4.78 is 5.55. The Morgan fingerprint density at radius 1 is 1.14 bits per heavy atom. The van der Waals surface area contributed by atoms with Crippen molar-refractivity contribution in [3.8, 4) is 11.1 Å². The first-order chi connectivity index (χ1) is 16.4. The molecule has 1 heterocycles. The molecule has 6 nitrogen and oxygen atoms in total. The predicted octanol–water partition coefficient (Wildman–Crippen LogP) is 5.44. The number of hydrogen-bond donors (Lipinski definition) is 2. The molecule has 2 aromatic rings. The van der Waals surface area contributed by atoms with E-state index in [1.54, 1.807) is 0 Å². The Morgan fingerprint density at radius 3 is 2.43 bits per heavy atom. The minimum Gasteiger partial charge on any atom is -0.480 e. The van der Waals surface area contributed by atoms with Crippen molar-refractivity contribution in [3.63, 3.8) is 0 Å². The summed E-state index contributed by atoms with van der Waals surface area (Å²) in [5, 5.41) is 12.2. The van der Waals surface area contributed by atoms with E-state index < -0.39 is 18.1 Å². The number of carbonyl (C=O) groups is 2. The second kappa shape index (κ2) is 10.6. The number of alkyl carbamates (subject to hydrolysis) is 1. The van der Waals surface area contributed by atoms with Crippen LogP contribution in [0.25, 0.3) is 11.1 Å². The number of nitrogens with zero attached hydrogens (tertiary/aromatic N) is 1. The Kier molecular flexibility index (Phi) is 7.72. The maximum atomic E-state index is 12.5. The third kappa shape index (κ3) is 5.34. The van der Waals surface area contributed by atoms with Crippen LogP contribution in [0.4, 0.5) is 4.79 Å². The topological polar surface area (TPSA) is 78.9 Å². The fraction of sp³-hybridized carbons (Fsp3) is 0.500. The molecule has 7 heteroatoms. The standard InChI is InChI=1S/C28H34N2O4.ClH/c1-28-14-6-8-19(16-28)30(18-28)15-7-13-25(26(31)32)29-27(33)34-17-24-22-11-4-2-9-20(22)21-10-3-5-12-23(21)24;/h2-5,9-12,19,24-25H,6-8,13-18H2,1H3,(H,29,33)(H,31,32);1H/t19-,25?,28+;/m1./s1. The van der Waals surface area contributed by atoms with Gasteiger partial charge in [-0.15, -0.1) is 12.4 Å². The number of fused-ring (bicyclic) bond motifs is 5. The van der Waals surface area contributed by atoms with Crippen molar-refractivity contribution < 1.29 is 19.4 Å². The first-order valence-corrected chi connectivity index (χ1v) is 12.5. The Balaban J connectivity index is 0.00000289. The molecule has 35 heavy (non-hydrogen) atoms. The van der Waals surface area contributed by atoms with Gasteiger partial charge in [0, 0.05) is 18.5 Å². The van der Waals surface area contributed by atoms with Crippen molar-refractivity contribution >= 4 is 24.5 Å². The Bertz CT molecular complexity index is 1030. The van der Waals surface area contributed by atoms with Gasteiger partial charge in [0.05, 0.1) is 0 Å². The summed E-state index contributed by atoms with van der Waals surface area (Å²) in [7, 11) is 0. The van der Waals surface area contributed by atoms with Crippen LogP contribution >= 0.6 is 12.4 Å². The molecule has 1 saturated heterocycles. The van der Waals surface area contributed by atoms with Gasteiger partial charge >= 0.3 is 12.1 Å². The molecule has 1 amide bonds. The van der Waals surface area contributed by atoms with E-state index in [1.807, 2.05) is 24.3 Å². The van der Waals surface area contributed by atoms with Gasteiger partial charge in [0.1, 0.15) is 12.6 Å². The van der Waals surface area contributed by atoms with E-state index in [0.29, 0.717) is 17.9 Å². The number of amides is 1. The molecule has 2 fully saturated rings. The minimum atomic E-state index is -1.01.